The van der Waals surface area contributed by atoms with Crippen LogP contribution in [0.25, 0.3) is 0 Å². The molecule has 198 valence electrons. The zero-order chi connectivity index (χ0) is 26.9. The number of anilines is 2. The van der Waals surface area contributed by atoms with E-state index in [4.69, 9.17) is 9.47 Å². The van der Waals surface area contributed by atoms with Crippen molar-refractivity contribution in [3.63, 3.8) is 0 Å². The molecular weight excluding hydrogens is 548 g/mol. The molecule has 0 saturated carbocycles. The molecule has 3 aromatic carbocycles. The second kappa shape index (κ2) is 13.1. The number of hydrazone groups is 1. The Hall–Kier alpha value is -3.85. The quantitative estimate of drug-likeness (QED) is 0.243. The molecule has 4 rings (SSSR count). The van der Waals surface area contributed by atoms with E-state index in [0.717, 1.165) is 24.3 Å². The number of aryl methyl sites for hydroxylation is 1. The first-order valence-corrected chi connectivity index (χ1v) is 13.4. The van der Waals surface area contributed by atoms with Gasteiger partial charge in [-0.1, -0.05) is 17.7 Å². The van der Waals surface area contributed by atoms with Gasteiger partial charge in [0.15, 0.2) is 18.1 Å². The maximum Gasteiger partial charge on any atom is 0.271 e. The fourth-order valence-corrected chi connectivity index (χ4v) is 4.64. The van der Waals surface area contributed by atoms with Crippen LogP contribution in [0.4, 0.5) is 11.4 Å². The van der Waals surface area contributed by atoms with Crippen molar-refractivity contribution in [3.8, 4) is 11.5 Å². The average molecular weight is 579 g/mol. The fourth-order valence-electron chi connectivity index (χ4n) is 4.07. The first-order valence-electron chi connectivity index (χ1n) is 12.6. The number of nitrogens with zero attached hydrogens (tertiary/aromatic N) is 2. The Labute approximate surface area is 231 Å². The van der Waals surface area contributed by atoms with Crippen LogP contribution in [0.2, 0.25) is 0 Å². The van der Waals surface area contributed by atoms with Gasteiger partial charge in [-0.3, -0.25) is 9.59 Å². The summed E-state index contributed by atoms with van der Waals surface area (Å²) >= 11 is 3.50. The minimum absolute atomic E-state index is 0.188. The summed E-state index contributed by atoms with van der Waals surface area (Å²) in [4.78, 5) is 27.2. The van der Waals surface area contributed by atoms with Gasteiger partial charge in [-0.05, 0) is 96.7 Å². The molecule has 0 aromatic heterocycles. The topological polar surface area (TPSA) is 92.3 Å². The van der Waals surface area contributed by atoms with Crippen LogP contribution in [0.1, 0.15) is 41.3 Å². The van der Waals surface area contributed by atoms with Gasteiger partial charge in [-0.25, -0.2) is 5.43 Å². The van der Waals surface area contributed by atoms with Gasteiger partial charge in [0, 0.05) is 30.0 Å². The highest BCUT2D eigenvalue weighted by Crippen LogP contribution is 2.36. The molecule has 1 saturated heterocycles. The number of hydrogen-bond acceptors (Lipinski definition) is 6. The number of rotatable bonds is 10. The zero-order valence-electron chi connectivity index (χ0n) is 21.5. The number of halogens is 1. The molecule has 0 spiro atoms. The number of amides is 2. The number of ether oxygens (including phenoxy) is 2. The van der Waals surface area contributed by atoms with E-state index in [2.05, 4.69) is 36.7 Å². The lowest BCUT2D eigenvalue weighted by molar-refractivity contribution is -0.118. The van der Waals surface area contributed by atoms with Crippen LogP contribution < -0.4 is 25.1 Å². The predicted octanol–water partition coefficient (Wildman–Crippen LogP) is 5.54. The number of nitrogens with one attached hydrogen (secondary N) is 2. The molecular formula is C29H31BrN4O4. The maximum absolute atomic E-state index is 12.5. The lowest BCUT2D eigenvalue weighted by Gasteiger charge is -2.17. The molecule has 1 aliphatic heterocycles. The predicted molar refractivity (Wildman–Crippen MR) is 154 cm³/mol. The van der Waals surface area contributed by atoms with Crippen LogP contribution in [-0.2, 0) is 4.79 Å². The summed E-state index contributed by atoms with van der Waals surface area (Å²) in [6, 6.07) is 18.6. The molecule has 3 aromatic rings. The van der Waals surface area contributed by atoms with Gasteiger partial charge in [0.25, 0.3) is 11.8 Å². The normalized spacial score (nSPS) is 13.0. The molecule has 1 aliphatic rings. The van der Waals surface area contributed by atoms with Crippen molar-refractivity contribution >= 4 is 45.3 Å². The van der Waals surface area contributed by atoms with Gasteiger partial charge in [-0.15, -0.1) is 0 Å². The Kier molecular flexibility index (Phi) is 9.37. The second-order valence-electron chi connectivity index (χ2n) is 8.91. The molecule has 1 heterocycles. The monoisotopic (exact) mass is 578 g/mol. The van der Waals surface area contributed by atoms with E-state index in [1.54, 1.807) is 12.1 Å². The van der Waals surface area contributed by atoms with Gasteiger partial charge >= 0.3 is 0 Å². The van der Waals surface area contributed by atoms with Gasteiger partial charge in [0.2, 0.25) is 0 Å². The van der Waals surface area contributed by atoms with Gasteiger partial charge in [-0.2, -0.15) is 5.10 Å². The summed E-state index contributed by atoms with van der Waals surface area (Å²) in [7, 11) is 0. The van der Waals surface area contributed by atoms with Crippen molar-refractivity contribution in [1.82, 2.24) is 5.43 Å². The van der Waals surface area contributed by atoms with Crippen molar-refractivity contribution in [2.24, 2.45) is 5.10 Å². The molecule has 8 nitrogen and oxygen atoms in total. The first-order chi connectivity index (χ1) is 18.4. The van der Waals surface area contributed by atoms with E-state index in [9.17, 15) is 9.59 Å². The van der Waals surface area contributed by atoms with Crippen LogP contribution in [0.3, 0.4) is 0 Å². The average Bonchev–Trinajstić information content (AvgIpc) is 3.45. The molecule has 2 N–H and O–H groups in total. The maximum atomic E-state index is 12.5. The largest absolute Gasteiger partial charge is 0.490 e. The van der Waals surface area contributed by atoms with E-state index < -0.39 is 0 Å². The molecule has 9 heteroatoms. The third-order valence-corrected chi connectivity index (χ3v) is 6.58. The Balaban J connectivity index is 1.36. The Morgan fingerprint density at radius 2 is 1.74 bits per heavy atom. The van der Waals surface area contributed by atoms with Gasteiger partial charge in [0.05, 0.1) is 17.3 Å². The third-order valence-electron chi connectivity index (χ3n) is 6.00. The summed E-state index contributed by atoms with van der Waals surface area (Å²) in [5.41, 5.74) is 6.72. The molecule has 0 radical (unpaired) electrons. The SMILES string of the molecule is CCOc1cc(/C=N\NC(=O)c2ccc(N3CCCC3)cc2)cc(Br)c1OCC(=O)Nc1ccc(C)cc1. The third kappa shape index (κ3) is 7.35. The van der Waals surface area contributed by atoms with Crippen LogP contribution in [-0.4, -0.2) is 44.3 Å². The number of hydrogen-bond donors (Lipinski definition) is 2. The highest BCUT2D eigenvalue weighted by molar-refractivity contribution is 9.10. The van der Waals surface area contributed by atoms with Crippen molar-refractivity contribution in [1.29, 1.82) is 0 Å². The summed E-state index contributed by atoms with van der Waals surface area (Å²) in [5.74, 6) is 0.281. The fraction of sp³-hybridized carbons (Fsp3) is 0.276. The summed E-state index contributed by atoms with van der Waals surface area (Å²) in [6.45, 7) is 6.17. The highest BCUT2D eigenvalue weighted by atomic mass is 79.9. The van der Waals surface area contributed by atoms with Crippen molar-refractivity contribution in [2.45, 2.75) is 26.7 Å². The van der Waals surface area contributed by atoms with Crippen LogP contribution in [0.15, 0.2) is 70.2 Å². The van der Waals surface area contributed by atoms with E-state index in [1.807, 2.05) is 62.4 Å². The first kappa shape index (κ1) is 27.2. The second-order valence-corrected chi connectivity index (χ2v) is 9.76. The molecule has 0 unspecified atom stereocenters. The molecule has 0 aliphatic carbocycles. The van der Waals surface area contributed by atoms with E-state index in [-0.39, 0.29) is 18.4 Å². The van der Waals surface area contributed by atoms with E-state index >= 15 is 0 Å². The lowest BCUT2D eigenvalue weighted by Crippen LogP contribution is -2.20. The molecule has 0 bridgehead atoms. The van der Waals surface area contributed by atoms with Crippen molar-refractivity contribution in [2.75, 3.05) is 36.5 Å². The van der Waals surface area contributed by atoms with Crippen molar-refractivity contribution < 1.29 is 19.1 Å². The summed E-state index contributed by atoms with van der Waals surface area (Å²) < 4.78 is 12.1. The molecule has 2 amide bonds. The van der Waals surface area contributed by atoms with E-state index in [1.165, 1.54) is 19.1 Å². The van der Waals surface area contributed by atoms with Crippen LogP contribution in [0, 0.1) is 6.92 Å². The van der Waals surface area contributed by atoms with Crippen LogP contribution >= 0.6 is 15.9 Å². The molecule has 1 fully saturated rings. The van der Waals surface area contributed by atoms with Gasteiger partial charge < -0.3 is 19.7 Å². The van der Waals surface area contributed by atoms with Gasteiger partial charge in [0.1, 0.15) is 0 Å². The zero-order valence-corrected chi connectivity index (χ0v) is 23.1. The number of carbonyl (C=O) groups excluding carboxylic acids is 2. The van der Waals surface area contributed by atoms with Crippen molar-refractivity contribution in [3.05, 3.63) is 81.8 Å². The van der Waals surface area contributed by atoms with E-state index in [0.29, 0.717) is 39.4 Å². The highest BCUT2D eigenvalue weighted by Gasteiger charge is 2.15. The Bertz CT molecular complexity index is 1290. The molecule has 38 heavy (non-hydrogen) atoms. The number of carbonyl (C=O) groups is 2. The lowest BCUT2D eigenvalue weighted by atomic mass is 10.2. The summed E-state index contributed by atoms with van der Waals surface area (Å²) in [6.07, 6.45) is 3.93. The Morgan fingerprint density at radius 3 is 2.42 bits per heavy atom. The Morgan fingerprint density at radius 1 is 1.03 bits per heavy atom. The smallest absolute Gasteiger partial charge is 0.271 e. The van der Waals surface area contributed by atoms with Crippen LogP contribution in [0.5, 0.6) is 11.5 Å². The standard InChI is InChI=1S/C29H31BrN4O4/c1-3-37-26-17-21(16-25(30)28(26)38-19-27(35)32-23-10-6-20(2)7-11-23)18-31-33-29(36)22-8-12-24(13-9-22)34-14-4-5-15-34/h6-13,16-18H,3-5,14-15,19H2,1-2H3,(H,32,35)(H,33,36)/b31-18-. The minimum Gasteiger partial charge on any atom is -0.490 e. The number of benzene rings is 3. The minimum atomic E-state index is -0.294. The molecule has 0 atom stereocenters. The summed E-state index contributed by atoms with van der Waals surface area (Å²) in [5, 5.41) is 6.91.